The Morgan fingerprint density at radius 1 is 1.12 bits per heavy atom. The number of amides is 2. The first-order chi connectivity index (χ1) is 12.5. The molecular weight excluding hydrogens is 373 g/mol. The van der Waals surface area contributed by atoms with Crippen LogP contribution >= 0.6 is 22.7 Å². The lowest BCUT2D eigenvalue weighted by Gasteiger charge is -2.07. The zero-order valence-corrected chi connectivity index (χ0v) is 15.5. The van der Waals surface area contributed by atoms with E-state index in [9.17, 15) is 14.0 Å². The third-order valence-corrected chi connectivity index (χ3v) is 5.21. The average molecular weight is 389 g/mol. The minimum absolute atomic E-state index is 0.238. The second-order valence-electron chi connectivity index (χ2n) is 5.53. The van der Waals surface area contributed by atoms with E-state index in [0.717, 1.165) is 10.6 Å². The fourth-order valence-corrected chi connectivity index (χ4v) is 3.69. The number of thiazole rings is 1. The molecule has 8 heteroatoms. The fraction of sp³-hybridized carbons (Fsp3) is 0.167. The molecule has 134 valence electrons. The van der Waals surface area contributed by atoms with Crippen LogP contribution < -0.4 is 10.6 Å². The van der Waals surface area contributed by atoms with Crippen molar-refractivity contribution < 1.29 is 14.0 Å². The van der Waals surface area contributed by atoms with Gasteiger partial charge < -0.3 is 10.6 Å². The molecule has 2 aromatic heterocycles. The van der Waals surface area contributed by atoms with Gasteiger partial charge in [-0.2, -0.15) is 11.3 Å². The Morgan fingerprint density at radius 2 is 1.88 bits per heavy atom. The van der Waals surface area contributed by atoms with Crippen molar-refractivity contribution in [2.45, 2.75) is 6.92 Å². The lowest BCUT2D eigenvalue weighted by molar-refractivity contribution is 0.0925. The summed E-state index contributed by atoms with van der Waals surface area (Å²) in [4.78, 5) is 28.4. The van der Waals surface area contributed by atoms with Gasteiger partial charge in [0.25, 0.3) is 11.8 Å². The number of thiophene rings is 1. The van der Waals surface area contributed by atoms with Crippen LogP contribution in [0.1, 0.15) is 26.4 Å². The molecule has 0 aliphatic heterocycles. The van der Waals surface area contributed by atoms with Gasteiger partial charge in [0.1, 0.15) is 16.5 Å². The number of hydrogen-bond acceptors (Lipinski definition) is 5. The van der Waals surface area contributed by atoms with Crippen molar-refractivity contribution in [3.8, 4) is 10.6 Å². The van der Waals surface area contributed by atoms with Crippen LogP contribution in [-0.2, 0) is 0 Å². The predicted octanol–water partition coefficient (Wildman–Crippen LogP) is 3.48. The normalized spacial score (nSPS) is 10.5. The Morgan fingerprint density at radius 3 is 2.58 bits per heavy atom. The molecule has 2 amide bonds. The lowest BCUT2D eigenvalue weighted by Crippen LogP contribution is -2.34. The van der Waals surface area contributed by atoms with Gasteiger partial charge in [-0.05, 0) is 36.1 Å². The van der Waals surface area contributed by atoms with Crippen LogP contribution in [0.3, 0.4) is 0 Å². The van der Waals surface area contributed by atoms with Gasteiger partial charge in [0.05, 0.1) is 0 Å². The topological polar surface area (TPSA) is 71.1 Å². The molecule has 0 radical (unpaired) electrons. The molecule has 3 aromatic rings. The van der Waals surface area contributed by atoms with E-state index in [1.165, 1.54) is 17.4 Å². The van der Waals surface area contributed by atoms with E-state index in [4.69, 9.17) is 0 Å². The number of aromatic nitrogens is 1. The number of carbonyl (C=O) groups excluding carboxylic acids is 2. The molecule has 0 aliphatic rings. The van der Waals surface area contributed by atoms with Crippen molar-refractivity contribution >= 4 is 34.5 Å². The number of rotatable bonds is 6. The first-order valence-electron chi connectivity index (χ1n) is 7.85. The molecule has 3 rings (SSSR count). The molecule has 2 N–H and O–H groups in total. The first kappa shape index (κ1) is 18.2. The van der Waals surface area contributed by atoms with Crippen molar-refractivity contribution in [2.24, 2.45) is 0 Å². The maximum atomic E-state index is 13.5. The minimum Gasteiger partial charge on any atom is -0.350 e. The molecule has 5 nitrogen and oxygen atoms in total. The second-order valence-corrected chi connectivity index (χ2v) is 7.16. The summed E-state index contributed by atoms with van der Waals surface area (Å²) in [5.41, 5.74) is 2.08. The highest BCUT2D eigenvalue weighted by molar-refractivity contribution is 7.14. The van der Waals surface area contributed by atoms with Crippen LogP contribution in [0.5, 0.6) is 0 Å². The predicted molar refractivity (Wildman–Crippen MR) is 101 cm³/mol. The molecule has 0 fully saturated rings. The molecule has 0 atom stereocenters. The summed E-state index contributed by atoms with van der Waals surface area (Å²) in [6.07, 6.45) is 0. The van der Waals surface area contributed by atoms with Gasteiger partial charge in [-0.3, -0.25) is 9.59 Å². The average Bonchev–Trinajstić information content (AvgIpc) is 3.31. The molecule has 0 saturated heterocycles. The third-order valence-electron chi connectivity index (χ3n) is 3.64. The molecule has 1 aromatic carbocycles. The SMILES string of the molecule is Cc1ccc(C(=O)NCCNC(=O)c2csc(-c3ccsc3)n2)cc1F. The Labute approximate surface area is 157 Å². The Kier molecular flexibility index (Phi) is 5.75. The summed E-state index contributed by atoms with van der Waals surface area (Å²) in [7, 11) is 0. The van der Waals surface area contributed by atoms with Crippen molar-refractivity contribution in [1.29, 1.82) is 0 Å². The molecule has 0 bridgehead atoms. The van der Waals surface area contributed by atoms with E-state index >= 15 is 0 Å². The zero-order valence-electron chi connectivity index (χ0n) is 13.9. The number of halogens is 1. The molecule has 26 heavy (non-hydrogen) atoms. The molecule has 0 aliphatic carbocycles. The fourth-order valence-electron chi connectivity index (χ4n) is 2.18. The van der Waals surface area contributed by atoms with E-state index < -0.39 is 5.82 Å². The van der Waals surface area contributed by atoms with Gasteiger partial charge in [0.15, 0.2) is 0 Å². The van der Waals surface area contributed by atoms with Gasteiger partial charge in [-0.1, -0.05) is 6.07 Å². The van der Waals surface area contributed by atoms with Gasteiger partial charge in [0, 0.05) is 35.0 Å². The van der Waals surface area contributed by atoms with Crippen LogP contribution in [0.25, 0.3) is 10.6 Å². The van der Waals surface area contributed by atoms with Crippen molar-refractivity contribution in [3.63, 3.8) is 0 Å². The smallest absolute Gasteiger partial charge is 0.270 e. The highest BCUT2D eigenvalue weighted by atomic mass is 32.1. The van der Waals surface area contributed by atoms with Gasteiger partial charge >= 0.3 is 0 Å². The number of nitrogens with one attached hydrogen (secondary N) is 2. The Balaban J connectivity index is 1.46. The minimum atomic E-state index is -0.420. The monoisotopic (exact) mass is 389 g/mol. The highest BCUT2D eigenvalue weighted by Crippen LogP contribution is 2.25. The maximum Gasteiger partial charge on any atom is 0.270 e. The number of aryl methyl sites for hydroxylation is 1. The van der Waals surface area contributed by atoms with Crippen LogP contribution in [-0.4, -0.2) is 29.9 Å². The zero-order chi connectivity index (χ0) is 18.5. The summed E-state index contributed by atoms with van der Waals surface area (Å²) in [5.74, 6) is -1.10. The molecule has 0 saturated carbocycles. The maximum absolute atomic E-state index is 13.5. The number of carbonyl (C=O) groups is 2. The Bertz CT molecular complexity index is 922. The largest absolute Gasteiger partial charge is 0.350 e. The second kappa shape index (κ2) is 8.20. The number of benzene rings is 1. The standard InChI is InChI=1S/C18H16FN3O2S2/c1-11-2-3-12(8-14(11)19)16(23)20-5-6-21-17(24)15-10-26-18(22-15)13-4-7-25-9-13/h2-4,7-10H,5-6H2,1H3,(H,20,23)(H,21,24). The first-order valence-corrected chi connectivity index (χ1v) is 9.67. The van der Waals surface area contributed by atoms with Gasteiger partial charge in [-0.25, -0.2) is 9.37 Å². The summed E-state index contributed by atoms with van der Waals surface area (Å²) < 4.78 is 13.5. The Hall–Kier alpha value is -2.58. The quantitative estimate of drug-likeness (QED) is 0.634. The van der Waals surface area contributed by atoms with Crippen LogP contribution in [0.2, 0.25) is 0 Å². The molecule has 0 unspecified atom stereocenters. The van der Waals surface area contributed by atoms with Crippen molar-refractivity contribution in [1.82, 2.24) is 15.6 Å². The molecular formula is C18H16FN3O2S2. The van der Waals surface area contributed by atoms with Crippen molar-refractivity contribution in [2.75, 3.05) is 13.1 Å². The lowest BCUT2D eigenvalue weighted by atomic mass is 10.1. The van der Waals surface area contributed by atoms with E-state index in [-0.39, 0.29) is 30.5 Å². The van der Waals surface area contributed by atoms with Gasteiger partial charge in [-0.15, -0.1) is 11.3 Å². The van der Waals surface area contributed by atoms with Crippen LogP contribution in [0, 0.1) is 12.7 Å². The van der Waals surface area contributed by atoms with E-state index in [1.807, 2.05) is 16.8 Å². The van der Waals surface area contributed by atoms with Crippen LogP contribution in [0.4, 0.5) is 4.39 Å². The summed E-state index contributed by atoms with van der Waals surface area (Å²) in [6.45, 7) is 2.13. The van der Waals surface area contributed by atoms with E-state index in [2.05, 4.69) is 15.6 Å². The van der Waals surface area contributed by atoms with E-state index in [0.29, 0.717) is 11.3 Å². The van der Waals surface area contributed by atoms with Crippen molar-refractivity contribution in [3.05, 3.63) is 63.0 Å². The molecule has 2 heterocycles. The summed E-state index contributed by atoms with van der Waals surface area (Å²) >= 11 is 2.98. The number of nitrogens with zero attached hydrogens (tertiary/aromatic N) is 1. The summed E-state index contributed by atoms with van der Waals surface area (Å²) in [5, 5.41) is 11.8. The number of hydrogen-bond donors (Lipinski definition) is 2. The van der Waals surface area contributed by atoms with E-state index in [1.54, 1.807) is 35.8 Å². The molecule has 0 spiro atoms. The van der Waals surface area contributed by atoms with Crippen LogP contribution in [0.15, 0.2) is 40.4 Å². The van der Waals surface area contributed by atoms with Gasteiger partial charge in [0.2, 0.25) is 0 Å². The summed E-state index contributed by atoms with van der Waals surface area (Å²) in [6, 6.07) is 6.27. The third kappa shape index (κ3) is 4.33. The highest BCUT2D eigenvalue weighted by Gasteiger charge is 2.12.